The minimum Gasteiger partial charge on any atom is -0.458 e. The van der Waals surface area contributed by atoms with E-state index >= 15 is 0 Å². The van der Waals surface area contributed by atoms with Crippen LogP contribution in [0.4, 0.5) is 0 Å². The molecule has 0 aromatic heterocycles. The van der Waals surface area contributed by atoms with Crippen LogP contribution in [0.5, 0.6) is 0 Å². The lowest BCUT2D eigenvalue weighted by Crippen LogP contribution is -2.13. The van der Waals surface area contributed by atoms with E-state index in [4.69, 9.17) is 16.3 Å². The van der Waals surface area contributed by atoms with E-state index in [0.29, 0.717) is 0 Å². The van der Waals surface area contributed by atoms with Crippen molar-refractivity contribution < 1.29 is 9.53 Å². The van der Waals surface area contributed by atoms with E-state index in [1.54, 1.807) is 17.1 Å². The molecule has 4 heteroatoms. The van der Waals surface area contributed by atoms with Crippen molar-refractivity contribution >= 4 is 40.2 Å². The van der Waals surface area contributed by atoms with Crippen molar-refractivity contribution in [1.29, 1.82) is 0 Å². The summed E-state index contributed by atoms with van der Waals surface area (Å²) in [5, 5.41) is 0. The summed E-state index contributed by atoms with van der Waals surface area (Å²) in [7, 11) is 0. The van der Waals surface area contributed by atoms with Crippen LogP contribution < -0.4 is 0 Å². The zero-order chi connectivity index (χ0) is 7.98. The molecule has 0 aromatic carbocycles. The molecule has 1 atom stereocenters. The molecule has 0 amide bonds. The monoisotopic (exact) mass is 274 g/mol. The van der Waals surface area contributed by atoms with Gasteiger partial charge in [0.15, 0.2) is 0 Å². The molecule has 0 saturated carbocycles. The summed E-state index contributed by atoms with van der Waals surface area (Å²) in [6, 6.07) is 0. The molecule has 0 rings (SSSR count). The number of carbonyl (C=O) groups excluding carboxylic acids is 1. The molecule has 2 nitrogen and oxygen atoms in total. The maximum Gasteiger partial charge on any atom is 0.321 e. The Morgan fingerprint density at radius 3 is 2.90 bits per heavy atom. The second kappa shape index (κ2) is 5.97. The standard InChI is InChI=1S/C6H8ClIO2/c1-5(2-3-8)10-6(9)4-7/h2-3,5H,4H2,1H3/b3-2+. The third kappa shape index (κ3) is 5.05. The topological polar surface area (TPSA) is 26.3 Å². The van der Waals surface area contributed by atoms with Crippen LogP contribution >= 0.6 is 34.2 Å². The summed E-state index contributed by atoms with van der Waals surface area (Å²) in [6.45, 7) is 1.78. The van der Waals surface area contributed by atoms with Gasteiger partial charge in [-0.3, -0.25) is 4.79 Å². The van der Waals surface area contributed by atoms with E-state index in [0.717, 1.165) is 0 Å². The van der Waals surface area contributed by atoms with Gasteiger partial charge in [-0.25, -0.2) is 0 Å². The fourth-order valence-electron chi connectivity index (χ4n) is 0.381. The van der Waals surface area contributed by atoms with Crippen molar-refractivity contribution in [2.75, 3.05) is 5.88 Å². The van der Waals surface area contributed by atoms with Gasteiger partial charge < -0.3 is 4.74 Å². The van der Waals surface area contributed by atoms with Crippen LogP contribution in [-0.4, -0.2) is 18.0 Å². The lowest BCUT2D eigenvalue weighted by atomic mass is 10.4. The molecule has 0 spiro atoms. The number of carbonyl (C=O) groups is 1. The van der Waals surface area contributed by atoms with Gasteiger partial charge in [0, 0.05) is 0 Å². The molecule has 0 heterocycles. The molecule has 0 fully saturated rings. The van der Waals surface area contributed by atoms with E-state index in [9.17, 15) is 4.79 Å². The Bertz CT molecular complexity index is 136. The molecule has 0 radical (unpaired) electrons. The van der Waals surface area contributed by atoms with E-state index in [1.165, 1.54) is 0 Å². The van der Waals surface area contributed by atoms with Gasteiger partial charge in [-0.05, 0) is 17.1 Å². The maximum absolute atomic E-state index is 10.5. The Balaban J connectivity index is 3.57. The van der Waals surface area contributed by atoms with Crippen LogP contribution in [0.15, 0.2) is 10.2 Å². The molecule has 58 valence electrons. The average Bonchev–Trinajstić information content (AvgIpc) is 1.88. The number of hydrogen-bond donors (Lipinski definition) is 0. The largest absolute Gasteiger partial charge is 0.458 e. The molecule has 1 unspecified atom stereocenters. The Hall–Kier alpha value is 0.230. The van der Waals surface area contributed by atoms with E-state index in [-0.39, 0.29) is 18.0 Å². The van der Waals surface area contributed by atoms with Gasteiger partial charge in [0.05, 0.1) is 0 Å². The molecule has 0 aromatic rings. The van der Waals surface area contributed by atoms with Gasteiger partial charge in [0.2, 0.25) is 0 Å². The summed E-state index contributed by atoms with van der Waals surface area (Å²) in [5.41, 5.74) is 0. The fourth-order valence-corrected chi connectivity index (χ4v) is 1.03. The van der Waals surface area contributed by atoms with E-state index < -0.39 is 0 Å². The predicted octanol–water partition coefficient (Wildman–Crippen LogP) is 2.11. The number of hydrogen-bond acceptors (Lipinski definition) is 2. The first-order valence-electron chi connectivity index (χ1n) is 2.73. The van der Waals surface area contributed by atoms with Crippen molar-refractivity contribution in [2.24, 2.45) is 0 Å². The van der Waals surface area contributed by atoms with Crippen molar-refractivity contribution in [3.8, 4) is 0 Å². The minimum absolute atomic E-state index is 0.0839. The molecule has 0 bridgehead atoms. The molecular weight excluding hydrogens is 266 g/mol. The molecule has 0 aliphatic carbocycles. The summed E-state index contributed by atoms with van der Waals surface area (Å²) in [5.74, 6) is -0.469. The molecule has 10 heavy (non-hydrogen) atoms. The van der Waals surface area contributed by atoms with Crippen LogP contribution in [0, 0.1) is 0 Å². The quantitative estimate of drug-likeness (QED) is 0.447. The van der Waals surface area contributed by atoms with Crippen molar-refractivity contribution in [3.63, 3.8) is 0 Å². The smallest absolute Gasteiger partial charge is 0.321 e. The van der Waals surface area contributed by atoms with E-state index in [1.807, 2.05) is 0 Å². The first kappa shape index (κ1) is 10.2. The lowest BCUT2D eigenvalue weighted by molar-refractivity contribution is -0.142. The van der Waals surface area contributed by atoms with Crippen LogP contribution in [-0.2, 0) is 9.53 Å². The molecule has 0 aliphatic rings. The van der Waals surface area contributed by atoms with Crippen LogP contribution in [0.25, 0.3) is 0 Å². The zero-order valence-corrected chi connectivity index (χ0v) is 8.43. The van der Waals surface area contributed by atoms with Crippen LogP contribution in [0.3, 0.4) is 0 Å². The van der Waals surface area contributed by atoms with Gasteiger partial charge in [0.25, 0.3) is 0 Å². The Labute approximate surface area is 78.7 Å². The van der Waals surface area contributed by atoms with Crippen LogP contribution in [0.2, 0.25) is 0 Å². The summed E-state index contributed by atoms with van der Waals surface area (Å²) >= 11 is 7.25. The average molecular weight is 274 g/mol. The highest BCUT2D eigenvalue weighted by molar-refractivity contribution is 14.1. The molecule has 0 aliphatic heterocycles. The first-order valence-corrected chi connectivity index (χ1v) is 4.51. The SMILES string of the molecule is CC(/C=C/I)OC(=O)CCl. The van der Waals surface area contributed by atoms with Gasteiger partial charge in [-0.15, -0.1) is 11.6 Å². The van der Waals surface area contributed by atoms with Crippen LogP contribution in [0.1, 0.15) is 6.92 Å². The molecular formula is C6H8ClIO2. The molecule has 0 saturated heterocycles. The minimum atomic E-state index is -0.385. The normalized spacial score (nSPS) is 13.5. The van der Waals surface area contributed by atoms with Gasteiger partial charge >= 0.3 is 5.97 Å². The van der Waals surface area contributed by atoms with Crippen molar-refractivity contribution in [3.05, 3.63) is 10.2 Å². The summed E-state index contributed by atoms with van der Waals surface area (Å²) in [6.07, 6.45) is 1.59. The fraction of sp³-hybridized carbons (Fsp3) is 0.500. The number of alkyl halides is 1. The number of rotatable bonds is 3. The number of esters is 1. The summed E-state index contributed by atoms with van der Waals surface area (Å²) in [4.78, 5) is 10.5. The first-order chi connectivity index (χ1) is 4.70. The van der Waals surface area contributed by atoms with E-state index in [2.05, 4.69) is 22.6 Å². The van der Waals surface area contributed by atoms with Crippen molar-refractivity contribution in [1.82, 2.24) is 0 Å². The van der Waals surface area contributed by atoms with Crippen molar-refractivity contribution in [2.45, 2.75) is 13.0 Å². The molecule has 0 N–H and O–H groups in total. The maximum atomic E-state index is 10.5. The highest BCUT2D eigenvalue weighted by Gasteiger charge is 2.02. The van der Waals surface area contributed by atoms with Gasteiger partial charge in [-0.1, -0.05) is 22.6 Å². The highest BCUT2D eigenvalue weighted by Crippen LogP contribution is 1.97. The Morgan fingerprint density at radius 2 is 2.50 bits per heavy atom. The third-order valence-electron chi connectivity index (χ3n) is 0.770. The zero-order valence-electron chi connectivity index (χ0n) is 5.51. The predicted molar refractivity (Wildman–Crippen MR) is 49.4 cm³/mol. The number of ether oxygens (including phenoxy) is 1. The highest BCUT2D eigenvalue weighted by atomic mass is 127. The second-order valence-corrected chi connectivity index (χ2v) is 2.63. The van der Waals surface area contributed by atoms with Gasteiger partial charge in [0.1, 0.15) is 12.0 Å². The Morgan fingerprint density at radius 1 is 1.90 bits per heavy atom. The van der Waals surface area contributed by atoms with Gasteiger partial charge in [-0.2, -0.15) is 0 Å². The summed E-state index contributed by atoms with van der Waals surface area (Å²) < 4.78 is 6.57. The lowest BCUT2D eigenvalue weighted by Gasteiger charge is -2.05. The second-order valence-electron chi connectivity index (χ2n) is 1.65. The Kier molecular flexibility index (Phi) is 6.11. The third-order valence-corrected chi connectivity index (χ3v) is 1.40. The number of halogens is 2.